The Hall–Kier alpha value is -0.550. The van der Waals surface area contributed by atoms with E-state index in [2.05, 4.69) is 4.85 Å². The average Bonchev–Trinajstić information content (AvgIpc) is 2.14. The van der Waals surface area contributed by atoms with Gasteiger partial charge in [-0.3, -0.25) is 0 Å². The third-order valence-corrected chi connectivity index (χ3v) is 1.09. The third-order valence-electron chi connectivity index (χ3n) is 1.09. The van der Waals surface area contributed by atoms with Gasteiger partial charge in [-0.2, -0.15) is 0 Å². The molecule has 1 aliphatic heterocycles. The van der Waals surface area contributed by atoms with Crippen molar-refractivity contribution in [3.05, 3.63) is 11.4 Å². The molecule has 0 aromatic carbocycles. The quantitative estimate of drug-likeness (QED) is 0.405. The molecule has 2 nitrogen and oxygen atoms in total. The molecule has 7 heavy (non-hydrogen) atoms. The molecule has 0 N–H and O–H groups in total. The highest BCUT2D eigenvalue weighted by molar-refractivity contribution is 4.81. The highest BCUT2D eigenvalue weighted by Crippen LogP contribution is 2.06. The van der Waals surface area contributed by atoms with Gasteiger partial charge in [0.1, 0.15) is 6.61 Å². The van der Waals surface area contributed by atoms with Gasteiger partial charge in [0, 0.05) is 6.42 Å². The van der Waals surface area contributed by atoms with Gasteiger partial charge >= 0.3 is 0 Å². The fourth-order valence-electron chi connectivity index (χ4n) is 0.624. The van der Waals surface area contributed by atoms with Crippen LogP contribution >= 0.6 is 0 Å². The predicted octanol–water partition coefficient (Wildman–Crippen LogP) is 0.695. The lowest BCUT2D eigenvalue weighted by atomic mass is 10.3. The summed E-state index contributed by atoms with van der Waals surface area (Å²) in [6.45, 7) is 7.99. The molecule has 0 aromatic rings. The lowest BCUT2D eigenvalue weighted by molar-refractivity contribution is 0.196. The van der Waals surface area contributed by atoms with Crippen LogP contribution in [0.3, 0.4) is 0 Å². The van der Waals surface area contributed by atoms with Crippen molar-refractivity contribution in [3.8, 4) is 0 Å². The van der Waals surface area contributed by atoms with Gasteiger partial charge in [0.2, 0.25) is 6.04 Å². The summed E-state index contributed by atoms with van der Waals surface area (Å²) in [6, 6.07) is 0.167. The minimum absolute atomic E-state index is 0.167. The Morgan fingerprint density at radius 2 is 2.57 bits per heavy atom. The summed E-state index contributed by atoms with van der Waals surface area (Å²) >= 11 is 0. The summed E-state index contributed by atoms with van der Waals surface area (Å²) in [6.07, 6.45) is 0.934. The molecule has 0 amide bonds. The topological polar surface area (TPSA) is 13.6 Å². The second-order valence-corrected chi connectivity index (χ2v) is 1.65. The second-order valence-electron chi connectivity index (χ2n) is 1.65. The molecular formula is C5H7NO. The molecule has 38 valence electrons. The molecule has 1 heterocycles. The van der Waals surface area contributed by atoms with Crippen molar-refractivity contribution in [2.75, 3.05) is 13.2 Å². The lowest BCUT2D eigenvalue weighted by Crippen LogP contribution is -1.97. The Bertz CT molecular complexity index is 88.7. The molecule has 1 fully saturated rings. The third kappa shape index (κ3) is 0.908. The summed E-state index contributed by atoms with van der Waals surface area (Å²) in [5, 5.41) is 0. The maximum absolute atomic E-state index is 6.54. The molecule has 0 saturated carbocycles. The van der Waals surface area contributed by atoms with Gasteiger partial charge in [0.15, 0.2) is 0 Å². The second kappa shape index (κ2) is 1.94. The molecule has 1 aliphatic rings. The summed E-state index contributed by atoms with van der Waals surface area (Å²) in [5.74, 6) is 0. The lowest BCUT2D eigenvalue weighted by Gasteiger charge is -1.83. The Kier molecular flexibility index (Phi) is 1.28. The van der Waals surface area contributed by atoms with E-state index in [1.165, 1.54) is 0 Å². The Labute approximate surface area is 42.9 Å². The van der Waals surface area contributed by atoms with Crippen LogP contribution in [0.1, 0.15) is 6.42 Å². The molecule has 0 aromatic heterocycles. The Balaban J connectivity index is 2.31. The normalized spacial score (nSPS) is 29.9. The van der Waals surface area contributed by atoms with E-state index >= 15 is 0 Å². The van der Waals surface area contributed by atoms with Gasteiger partial charge < -0.3 is 9.58 Å². The van der Waals surface area contributed by atoms with Crippen LogP contribution in [0.25, 0.3) is 4.85 Å². The van der Waals surface area contributed by atoms with E-state index in [0.29, 0.717) is 6.61 Å². The van der Waals surface area contributed by atoms with Crippen molar-refractivity contribution in [1.29, 1.82) is 0 Å². The number of hydrogen-bond acceptors (Lipinski definition) is 1. The van der Waals surface area contributed by atoms with Crippen LogP contribution in [0.2, 0.25) is 0 Å². The molecule has 0 spiro atoms. The molecule has 1 unspecified atom stereocenters. The SMILES string of the molecule is [C-]#[N+]C1CCOC1. The molecule has 1 atom stereocenters. The van der Waals surface area contributed by atoms with Crippen molar-refractivity contribution < 1.29 is 4.74 Å². The zero-order valence-electron chi connectivity index (χ0n) is 4.05. The van der Waals surface area contributed by atoms with E-state index in [0.717, 1.165) is 13.0 Å². The van der Waals surface area contributed by atoms with Crippen LogP contribution in [0.5, 0.6) is 0 Å². The fraction of sp³-hybridized carbons (Fsp3) is 0.800. The minimum atomic E-state index is 0.167. The highest BCUT2D eigenvalue weighted by atomic mass is 16.5. The fourth-order valence-corrected chi connectivity index (χ4v) is 0.624. The minimum Gasteiger partial charge on any atom is -0.373 e. The summed E-state index contributed by atoms with van der Waals surface area (Å²) in [5.41, 5.74) is 0. The standard InChI is InChI=1S/C5H7NO/c1-6-5-2-3-7-4-5/h5H,2-4H2. The van der Waals surface area contributed by atoms with Crippen molar-refractivity contribution in [1.82, 2.24) is 0 Å². The smallest absolute Gasteiger partial charge is 0.248 e. The van der Waals surface area contributed by atoms with Crippen molar-refractivity contribution in [2.45, 2.75) is 12.5 Å². The maximum atomic E-state index is 6.54. The van der Waals surface area contributed by atoms with E-state index < -0.39 is 0 Å². The zero-order chi connectivity index (χ0) is 5.11. The summed E-state index contributed by atoms with van der Waals surface area (Å²) < 4.78 is 4.93. The van der Waals surface area contributed by atoms with Crippen LogP contribution in [-0.4, -0.2) is 19.3 Å². The van der Waals surface area contributed by atoms with E-state index in [1.54, 1.807) is 0 Å². The first kappa shape index (κ1) is 4.61. The van der Waals surface area contributed by atoms with Crippen LogP contribution in [0, 0.1) is 6.57 Å². The van der Waals surface area contributed by atoms with E-state index in [9.17, 15) is 0 Å². The molecule has 1 saturated heterocycles. The molecule has 2 heteroatoms. The molecule has 0 radical (unpaired) electrons. The summed E-state index contributed by atoms with van der Waals surface area (Å²) in [4.78, 5) is 3.31. The first-order valence-corrected chi connectivity index (χ1v) is 2.38. The first-order chi connectivity index (χ1) is 3.43. The van der Waals surface area contributed by atoms with Gasteiger partial charge in [-0.1, -0.05) is 0 Å². The summed E-state index contributed by atoms with van der Waals surface area (Å²) in [7, 11) is 0. The number of nitrogens with zero attached hydrogens (tertiary/aromatic N) is 1. The van der Waals surface area contributed by atoms with Crippen LogP contribution in [0.4, 0.5) is 0 Å². The maximum Gasteiger partial charge on any atom is 0.248 e. The Morgan fingerprint density at radius 1 is 1.71 bits per heavy atom. The largest absolute Gasteiger partial charge is 0.373 e. The molecule has 1 rings (SSSR count). The van der Waals surface area contributed by atoms with Crippen molar-refractivity contribution in [2.24, 2.45) is 0 Å². The monoisotopic (exact) mass is 97.1 g/mol. The van der Waals surface area contributed by atoms with Crippen LogP contribution < -0.4 is 0 Å². The van der Waals surface area contributed by atoms with Crippen molar-refractivity contribution in [3.63, 3.8) is 0 Å². The first-order valence-electron chi connectivity index (χ1n) is 2.38. The highest BCUT2D eigenvalue weighted by Gasteiger charge is 2.18. The molecular weight excluding hydrogens is 90.1 g/mol. The van der Waals surface area contributed by atoms with E-state index in [-0.39, 0.29) is 6.04 Å². The predicted molar refractivity (Wildman–Crippen MR) is 25.8 cm³/mol. The van der Waals surface area contributed by atoms with Crippen LogP contribution in [-0.2, 0) is 4.74 Å². The van der Waals surface area contributed by atoms with Gasteiger partial charge in [0.05, 0.1) is 6.61 Å². The van der Waals surface area contributed by atoms with E-state index in [1.807, 2.05) is 0 Å². The number of ether oxygens (including phenoxy) is 1. The molecule has 0 aliphatic carbocycles. The Morgan fingerprint density at radius 3 is 2.86 bits per heavy atom. The number of hydrogen-bond donors (Lipinski definition) is 0. The average molecular weight is 97.1 g/mol. The van der Waals surface area contributed by atoms with Gasteiger partial charge in [-0.25, -0.2) is 6.57 Å². The van der Waals surface area contributed by atoms with Gasteiger partial charge in [0.25, 0.3) is 0 Å². The number of rotatable bonds is 0. The van der Waals surface area contributed by atoms with Gasteiger partial charge in [-0.05, 0) is 0 Å². The van der Waals surface area contributed by atoms with Gasteiger partial charge in [-0.15, -0.1) is 0 Å². The zero-order valence-corrected chi connectivity index (χ0v) is 4.05. The van der Waals surface area contributed by atoms with E-state index in [4.69, 9.17) is 11.3 Å². The molecule has 0 bridgehead atoms. The van der Waals surface area contributed by atoms with Crippen LogP contribution in [0.15, 0.2) is 0 Å². The van der Waals surface area contributed by atoms with Crippen molar-refractivity contribution >= 4 is 0 Å².